The number of nitrogens with one attached hydrogen (secondary N) is 1. The highest BCUT2D eigenvalue weighted by Gasteiger charge is 2.19. The van der Waals surface area contributed by atoms with Crippen molar-refractivity contribution in [3.05, 3.63) is 78.0 Å². The summed E-state index contributed by atoms with van der Waals surface area (Å²) in [6.45, 7) is 0.550. The van der Waals surface area contributed by atoms with E-state index in [9.17, 15) is 13.2 Å². The average molecular weight is 449 g/mol. The Hall–Kier alpha value is -3.85. The topological polar surface area (TPSA) is 99.5 Å². The van der Waals surface area contributed by atoms with Crippen LogP contribution in [0.2, 0.25) is 0 Å². The third kappa shape index (κ3) is 3.78. The number of nitrogens with zero attached hydrogens (tertiary/aromatic N) is 2. The van der Waals surface area contributed by atoms with E-state index in [0.29, 0.717) is 29.4 Å². The minimum Gasteiger partial charge on any atom is -0.454 e. The molecule has 0 fully saturated rings. The molecule has 0 aliphatic carbocycles. The van der Waals surface area contributed by atoms with Crippen LogP contribution in [0, 0.1) is 0 Å². The standard InChI is InChI=1S/C23H19N3O5S/c1-32(28,29)17-9-6-15(7-10-17)13-26-19-5-3-2-4-18(19)22(25-26)23(27)24-16-8-11-20-21(12-16)31-14-30-20/h2-12H,13-14H2,1H3,(H,24,27). The number of hydrogen-bond donors (Lipinski definition) is 1. The molecular formula is C23H19N3O5S. The maximum Gasteiger partial charge on any atom is 0.276 e. The Kier molecular flexibility index (Phi) is 4.82. The fourth-order valence-electron chi connectivity index (χ4n) is 3.60. The Morgan fingerprint density at radius 2 is 1.78 bits per heavy atom. The monoisotopic (exact) mass is 449 g/mol. The molecule has 0 saturated carbocycles. The molecule has 2 heterocycles. The normalized spacial score (nSPS) is 12.8. The predicted octanol–water partition coefficient (Wildman–Crippen LogP) is 3.47. The summed E-state index contributed by atoms with van der Waals surface area (Å²) in [4.78, 5) is 13.3. The van der Waals surface area contributed by atoms with Crippen LogP contribution in [-0.4, -0.2) is 37.2 Å². The minimum absolute atomic E-state index is 0.160. The molecule has 9 heteroatoms. The number of aromatic nitrogens is 2. The quantitative estimate of drug-likeness (QED) is 0.501. The number of ether oxygens (including phenoxy) is 2. The van der Waals surface area contributed by atoms with Crippen LogP contribution in [0.25, 0.3) is 10.9 Å². The van der Waals surface area contributed by atoms with Gasteiger partial charge in [-0.25, -0.2) is 8.42 Å². The van der Waals surface area contributed by atoms with Crippen LogP contribution in [0.5, 0.6) is 11.5 Å². The molecule has 1 amide bonds. The molecule has 1 N–H and O–H groups in total. The minimum atomic E-state index is -3.26. The molecule has 0 spiro atoms. The molecule has 1 aromatic heterocycles. The fraction of sp³-hybridized carbons (Fsp3) is 0.130. The maximum atomic E-state index is 13.0. The second kappa shape index (κ2) is 7.69. The molecule has 162 valence electrons. The van der Waals surface area contributed by atoms with Gasteiger partial charge in [0.25, 0.3) is 5.91 Å². The molecule has 0 bridgehead atoms. The van der Waals surface area contributed by atoms with E-state index in [4.69, 9.17) is 9.47 Å². The number of anilines is 1. The van der Waals surface area contributed by atoms with E-state index in [1.807, 2.05) is 24.3 Å². The lowest BCUT2D eigenvalue weighted by Gasteiger charge is -2.06. The number of hydrogen-bond acceptors (Lipinski definition) is 6. The zero-order valence-corrected chi connectivity index (χ0v) is 17.9. The Labute approximate surface area is 184 Å². The van der Waals surface area contributed by atoms with Gasteiger partial charge in [-0.15, -0.1) is 0 Å². The third-order valence-electron chi connectivity index (χ3n) is 5.19. The van der Waals surface area contributed by atoms with E-state index in [1.54, 1.807) is 47.1 Å². The summed E-state index contributed by atoms with van der Waals surface area (Å²) in [7, 11) is -3.26. The predicted molar refractivity (Wildman–Crippen MR) is 119 cm³/mol. The maximum absolute atomic E-state index is 13.0. The van der Waals surface area contributed by atoms with Gasteiger partial charge in [-0.1, -0.05) is 30.3 Å². The van der Waals surface area contributed by atoms with E-state index in [2.05, 4.69) is 10.4 Å². The van der Waals surface area contributed by atoms with Crippen molar-refractivity contribution in [2.75, 3.05) is 18.4 Å². The van der Waals surface area contributed by atoms with Crippen molar-refractivity contribution in [3.8, 4) is 11.5 Å². The average Bonchev–Trinajstić information content (AvgIpc) is 3.38. The summed E-state index contributed by atoms with van der Waals surface area (Å²) in [5.41, 5.74) is 2.55. The highest BCUT2D eigenvalue weighted by Crippen LogP contribution is 2.34. The Morgan fingerprint density at radius 3 is 2.56 bits per heavy atom. The van der Waals surface area contributed by atoms with Gasteiger partial charge >= 0.3 is 0 Å². The van der Waals surface area contributed by atoms with Crippen LogP contribution < -0.4 is 14.8 Å². The number of para-hydroxylation sites is 1. The first-order valence-corrected chi connectivity index (χ1v) is 11.7. The first-order valence-electron chi connectivity index (χ1n) is 9.84. The molecule has 8 nitrogen and oxygen atoms in total. The van der Waals surface area contributed by atoms with Gasteiger partial charge in [-0.05, 0) is 35.9 Å². The highest BCUT2D eigenvalue weighted by atomic mass is 32.2. The smallest absolute Gasteiger partial charge is 0.276 e. The Morgan fingerprint density at radius 1 is 1.03 bits per heavy atom. The Bertz CT molecular complexity index is 1440. The first kappa shape index (κ1) is 20.1. The third-order valence-corrected chi connectivity index (χ3v) is 6.32. The zero-order chi connectivity index (χ0) is 22.3. The summed E-state index contributed by atoms with van der Waals surface area (Å²) >= 11 is 0. The molecular weight excluding hydrogens is 430 g/mol. The van der Waals surface area contributed by atoms with Crippen LogP contribution in [0.1, 0.15) is 16.1 Å². The highest BCUT2D eigenvalue weighted by molar-refractivity contribution is 7.90. The molecule has 0 radical (unpaired) electrons. The number of sulfone groups is 1. The first-order chi connectivity index (χ1) is 15.4. The molecule has 4 aromatic rings. The molecule has 5 rings (SSSR count). The van der Waals surface area contributed by atoms with Gasteiger partial charge in [-0.3, -0.25) is 9.48 Å². The van der Waals surface area contributed by atoms with Crippen molar-refractivity contribution in [3.63, 3.8) is 0 Å². The number of benzene rings is 3. The van der Waals surface area contributed by atoms with E-state index in [-0.39, 0.29) is 17.6 Å². The van der Waals surface area contributed by atoms with Crippen LogP contribution in [0.15, 0.2) is 71.6 Å². The van der Waals surface area contributed by atoms with Crippen molar-refractivity contribution in [1.29, 1.82) is 0 Å². The van der Waals surface area contributed by atoms with Crippen LogP contribution >= 0.6 is 0 Å². The van der Waals surface area contributed by atoms with Gasteiger partial charge in [0.05, 0.1) is 17.0 Å². The lowest BCUT2D eigenvalue weighted by molar-refractivity contribution is 0.102. The van der Waals surface area contributed by atoms with Gasteiger partial charge in [0.15, 0.2) is 27.0 Å². The molecule has 1 aliphatic heterocycles. The largest absolute Gasteiger partial charge is 0.454 e. The number of fused-ring (bicyclic) bond motifs is 2. The van der Waals surface area contributed by atoms with Crippen molar-refractivity contribution in [2.24, 2.45) is 0 Å². The number of carbonyl (C=O) groups excluding carboxylic acids is 1. The van der Waals surface area contributed by atoms with E-state index >= 15 is 0 Å². The molecule has 0 atom stereocenters. The molecule has 0 unspecified atom stereocenters. The van der Waals surface area contributed by atoms with Gasteiger partial charge in [0, 0.05) is 23.4 Å². The SMILES string of the molecule is CS(=O)(=O)c1ccc(Cn2nc(C(=O)Nc3ccc4c(c3)OCO4)c3ccccc32)cc1. The Balaban J connectivity index is 1.44. The number of amides is 1. The summed E-state index contributed by atoms with van der Waals surface area (Å²) in [5.74, 6) is 0.876. The summed E-state index contributed by atoms with van der Waals surface area (Å²) in [5, 5.41) is 8.14. The van der Waals surface area contributed by atoms with E-state index < -0.39 is 9.84 Å². The lowest BCUT2D eigenvalue weighted by Crippen LogP contribution is -2.14. The van der Waals surface area contributed by atoms with Gasteiger partial charge in [-0.2, -0.15) is 5.10 Å². The molecule has 0 saturated heterocycles. The second-order valence-electron chi connectivity index (χ2n) is 7.46. The van der Waals surface area contributed by atoms with Crippen molar-refractivity contribution in [2.45, 2.75) is 11.4 Å². The molecule has 32 heavy (non-hydrogen) atoms. The van der Waals surface area contributed by atoms with Crippen LogP contribution in [0.4, 0.5) is 5.69 Å². The molecule has 1 aliphatic rings. The second-order valence-corrected chi connectivity index (χ2v) is 9.48. The van der Waals surface area contributed by atoms with Crippen molar-refractivity contribution >= 4 is 32.3 Å². The van der Waals surface area contributed by atoms with Crippen LogP contribution in [0.3, 0.4) is 0 Å². The van der Waals surface area contributed by atoms with Crippen molar-refractivity contribution < 1.29 is 22.7 Å². The number of rotatable bonds is 5. The van der Waals surface area contributed by atoms with Crippen LogP contribution in [-0.2, 0) is 16.4 Å². The van der Waals surface area contributed by atoms with Crippen molar-refractivity contribution in [1.82, 2.24) is 9.78 Å². The van der Waals surface area contributed by atoms with Gasteiger partial charge in [0.1, 0.15) is 0 Å². The van der Waals surface area contributed by atoms with E-state index in [0.717, 1.165) is 16.5 Å². The summed E-state index contributed by atoms with van der Waals surface area (Å²) in [6.07, 6.45) is 1.17. The van der Waals surface area contributed by atoms with Gasteiger partial charge in [0.2, 0.25) is 6.79 Å². The summed E-state index contributed by atoms with van der Waals surface area (Å²) in [6, 6.07) is 19.3. The fourth-order valence-corrected chi connectivity index (χ4v) is 4.23. The number of carbonyl (C=O) groups is 1. The zero-order valence-electron chi connectivity index (χ0n) is 17.1. The lowest BCUT2D eigenvalue weighted by atomic mass is 10.2. The molecule has 3 aromatic carbocycles. The van der Waals surface area contributed by atoms with Gasteiger partial charge < -0.3 is 14.8 Å². The summed E-state index contributed by atoms with van der Waals surface area (Å²) < 4.78 is 35.8. The van der Waals surface area contributed by atoms with E-state index in [1.165, 1.54) is 6.26 Å².